The molecule has 3 N–H and O–H groups in total. The number of aliphatic hydroxyl groups is 2. The van der Waals surface area contributed by atoms with Gasteiger partial charge in [-0.1, -0.05) is 71.1 Å². The average Bonchev–Trinajstić information content (AvgIpc) is 2.38. The lowest BCUT2D eigenvalue weighted by atomic mass is 10.1. The molecular formula is C16H35NO3. The Morgan fingerprint density at radius 2 is 1.10 bits per heavy atom. The first-order chi connectivity index (χ1) is 9.48. The first-order valence-corrected chi connectivity index (χ1v) is 8.46. The maximum Gasteiger partial charge on any atom is 0.309 e. The van der Waals surface area contributed by atoms with Crippen molar-refractivity contribution in [2.75, 3.05) is 6.54 Å². The maximum absolute atomic E-state index is 11.2. The van der Waals surface area contributed by atoms with E-state index in [-0.39, 0.29) is 6.54 Å². The van der Waals surface area contributed by atoms with E-state index in [4.69, 9.17) is 10.2 Å². The van der Waals surface area contributed by atoms with Crippen LogP contribution in [0.2, 0.25) is 0 Å². The number of quaternary nitrogens is 1. The number of hydrogen-bond donors (Lipinski definition) is 3. The molecule has 0 aromatic heterocycles. The molecule has 0 radical (unpaired) electrons. The van der Waals surface area contributed by atoms with Gasteiger partial charge in [-0.05, 0) is 12.8 Å². The molecule has 0 aliphatic carbocycles. The molecule has 1 atom stereocenters. The zero-order valence-corrected chi connectivity index (χ0v) is 13.5. The summed E-state index contributed by atoms with van der Waals surface area (Å²) >= 11 is 0. The normalized spacial score (nSPS) is 13.7. The Morgan fingerprint density at radius 3 is 1.45 bits per heavy atom. The van der Waals surface area contributed by atoms with Crippen LogP contribution >= 0.6 is 0 Å². The van der Waals surface area contributed by atoms with Crippen molar-refractivity contribution in [3.8, 4) is 0 Å². The quantitative estimate of drug-likeness (QED) is 0.262. The Kier molecular flexibility index (Phi) is 12.5. The van der Waals surface area contributed by atoms with Gasteiger partial charge >= 0.3 is 5.91 Å². The minimum absolute atomic E-state index is 0.279. The second kappa shape index (κ2) is 12.6. The zero-order chi connectivity index (χ0) is 15.3. The van der Waals surface area contributed by atoms with Crippen LogP contribution in [0.3, 0.4) is 0 Å². The van der Waals surface area contributed by atoms with Crippen LogP contribution in [0.5, 0.6) is 0 Å². The minimum Gasteiger partial charge on any atom is -0.630 e. The topological polar surface area (TPSA) is 68.0 Å². The number of rotatable bonds is 14. The van der Waals surface area contributed by atoms with E-state index in [0.717, 1.165) is 26.2 Å². The average molecular weight is 289 g/mol. The Balaban J connectivity index is 3.14. The maximum atomic E-state index is 11.2. The van der Waals surface area contributed by atoms with Crippen molar-refractivity contribution in [3.05, 3.63) is 5.21 Å². The molecule has 0 aliphatic heterocycles. The van der Waals surface area contributed by atoms with E-state index in [0.29, 0.717) is 0 Å². The highest BCUT2D eigenvalue weighted by atomic mass is 16.6. The van der Waals surface area contributed by atoms with Crippen molar-refractivity contribution in [2.45, 2.75) is 96.8 Å². The Hall–Kier alpha value is -0.160. The van der Waals surface area contributed by atoms with Gasteiger partial charge in [-0.15, -0.1) is 0 Å². The SMILES string of the molecule is CCCCCCCCCCCCCC[NH+]([O-])C(C)(O)O. The Labute approximate surface area is 124 Å². The summed E-state index contributed by atoms with van der Waals surface area (Å²) in [6.45, 7) is 3.66. The van der Waals surface area contributed by atoms with Gasteiger partial charge in [0.05, 0.1) is 6.54 Å². The van der Waals surface area contributed by atoms with Crippen molar-refractivity contribution < 1.29 is 15.3 Å². The molecule has 20 heavy (non-hydrogen) atoms. The van der Waals surface area contributed by atoms with Gasteiger partial charge in [0.1, 0.15) is 0 Å². The molecule has 0 aromatic rings. The predicted molar refractivity (Wildman–Crippen MR) is 83.1 cm³/mol. The lowest BCUT2D eigenvalue weighted by Gasteiger charge is -2.31. The fourth-order valence-corrected chi connectivity index (χ4v) is 2.36. The van der Waals surface area contributed by atoms with E-state index >= 15 is 0 Å². The van der Waals surface area contributed by atoms with Crippen LogP contribution in [0.1, 0.15) is 90.9 Å². The van der Waals surface area contributed by atoms with E-state index in [1.807, 2.05) is 0 Å². The van der Waals surface area contributed by atoms with Gasteiger partial charge < -0.3 is 20.5 Å². The number of nitrogens with one attached hydrogen (secondary N) is 1. The molecule has 0 aromatic carbocycles. The summed E-state index contributed by atoms with van der Waals surface area (Å²) in [5, 5.41) is 28.9. The third-order valence-electron chi connectivity index (χ3n) is 3.79. The monoisotopic (exact) mass is 289 g/mol. The summed E-state index contributed by atoms with van der Waals surface area (Å²) < 4.78 is 0. The third kappa shape index (κ3) is 12.9. The van der Waals surface area contributed by atoms with Crippen molar-refractivity contribution in [2.24, 2.45) is 0 Å². The molecule has 0 rings (SSSR count). The lowest BCUT2D eigenvalue weighted by Crippen LogP contribution is -3.16. The number of hydrogen-bond acceptors (Lipinski definition) is 3. The second-order valence-electron chi connectivity index (χ2n) is 6.08. The summed E-state index contributed by atoms with van der Waals surface area (Å²) in [5.41, 5.74) is 0. The van der Waals surface area contributed by atoms with Crippen molar-refractivity contribution in [1.82, 2.24) is 0 Å². The molecule has 0 spiro atoms. The summed E-state index contributed by atoms with van der Waals surface area (Å²) in [6.07, 6.45) is 15.0. The lowest BCUT2D eigenvalue weighted by molar-refractivity contribution is -0.962. The van der Waals surface area contributed by atoms with Crippen LogP contribution in [-0.4, -0.2) is 22.7 Å². The van der Waals surface area contributed by atoms with E-state index in [9.17, 15) is 5.21 Å². The van der Waals surface area contributed by atoms with Crippen molar-refractivity contribution >= 4 is 0 Å². The summed E-state index contributed by atoms with van der Waals surface area (Å²) in [4.78, 5) is 0. The highest BCUT2D eigenvalue weighted by molar-refractivity contribution is 4.48. The van der Waals surface area contributed by atoms with Gasteiger partial charge in [0.25, 0.3) is 0 Å². The molecule has 1 unspecified atom stereocenters. The largest absolute Gasteiger partial charge is 0.630 e. The van der Waals surface area contributed by atoms with E-state index in [2.05, 4.69) is 6.92 Å². The van der Waals surface area contributed by atoms with Gasteiger partial charge in [0.15, 0.2) is 0 Å². The highest BCUT2D eigenvalue weighted by Crippen LogP contribution is 2.11. The summed E-state index contributed by atoms with van der Waals surface area (Å²) in [5.74, 6) is -2.14. The molecule has 0 aliphatic rings. The molecule has 0 saturated carbocycles. The molecule has 0 saturated heterocycles. The van der Waals surface area contributed by atoms with E-state index < -0.39 is 11.0 Å². The van der Waals surface area contributed by atoms with Gasteiger partial charge in [0, 0.05) is 6.92 Å². The standard InChI is InChI=1S/C16H35NO3/c1-3-4-5-6-7-8-9-10-11-12-13-14-15-17(20)16(2,18)19/h17-19H,3-15H2,1-2H3. The van der Waals surface area contributed by atoms with Crippen LogP contribution in [0.25, 0.3) is 0 Å². The van der Waals surface area contributed by atoms with Gasteiger partial charge in [-0.25, -0.2) is 0 Å². The smallest absolute Gasteiger partial charge is 0.309 e. The molecule has 0 heterocycles. The second-order valence-corrected chi connectivity index (χ2v) is 6.08. The molecule has 0 amide bonds. The van der Waals surface area contributed by atoms with Crippen LogP contribution in [0.4, 0.5) is 0 Å². The molecular weight excluding hydrogens is 254 g/mol. The van der Waals surface area contributed by atoms with Crippen LogP contribution in [0, 0.1) is 5.21 Å². The van der Waals surface area contributed by atoms with Gasteiger partial charge in [-0.2, -0.15) is 0 Å². The van der Waals surface area contributed by atoms with Crippen molar-refractivity contribution in [1.29, 1.82) is 0 Å². The van der Waals surface area contributed by atoms with E-state index in [1.165, 1.54) is 57.8 Å². The van der Waals surface area contributed by atoms with Crippen molar-refractivity contribution in [3.63, 3.8) is 0 Å². The zero-order valence-electron chi connectivity index (χ0n) is 13.5. The first-order valence-electron chi connectivity index (χ1n) is 8.46. The predicted octanol–water partition coefficient (Wildman–Crippen LogP) is 2.73. The number of unbranched alkanes of at least 4 members (excludes halogenated alkanes) is 11. The molecule has 4 nitrogen and oxygen atoms in total. The number of hydroxylamine groups is 2. The van der Waals surface area contributed by atoms with Gasteiger partial charge in [-0.3, -0.25) is 0 Å². The van der Waals surface area contributed by atoms with E-state index in [1.54, 1.807) is 0 Å². The highest BCUT2D eigenvalue weighted by Gasteiger charge is 2.22. The van der Waals surface area contributed by atoms with Gasteiger partial charge in [0.2, 0.25) is 0 Å². The van der Waals surface area contributed by atoms with Crippen LogP contribution in [-0.2, 0) is 0 Å². The minimum atomic E-state index is -2.14. The first kappa shape index (κ1) is 19.8. The van der Waals surface area contributed by atoms with Crippen LogP contribution < -0.4 is 5.06 Å². The molecule has 4 heteroatoms. The third-order valence-corrected chi connectivity index (χ3v) is 3.79. The fraction of sp³-hybridized carbons (Fsp3) is 1.00. The molecule has 122 valence electrons. The molecule has 0 bridgehead atoms. The summed E-state index contributed by atoms with van der Waals surface area (Å²) in [7, 11) is 0. The van der Waals surface area contributed by atoms with Crippen LogP contribution in [0.15, 0.2) is 0 Å². The fourth-order valence-electron chi connectivity index (χ4n) is 2.36. The molecule has 0 fully saturated rings. The Morgan fingerprint density at radius 1 is 0.750 bits per heavy atom. The Bertz CT molecular complexity index is 204. The summed E-state index contributed by atoms with van der Waals surface area (Å²) in [6, 6.07) is 0.